The van der Waals surface area contributed by atoms with Crippen molar-refractivity contribution in [2.75, 3.05) is 30.0 Å². The van der Waals surface area contributed by atoms with Gasteiger partial charge < -0.3 is 20.7 Å². The topological polar surface area (TPSA) is 114 Å². The van der Waals surface area contributed by atoms with E-state index < -0.39 is 23.7 Å². The van der Waals surface area contributed by atoms with Crippen molar-refractivity contribution in [1.82, 2.24) is 5.32 Å². The molecule has 31 heavy (non-hydrogen) atoms. The minimum atomic E-state index is -1.23. The molecule has 3 fully saturated rings. The van der Waals surface area contributed by atoms with Crippen molar-refractivity contribution in [2.45, 2.75) is 50.6 Å². The molecule has 1 saturated heterocycles. The average molecular weight is 432 g/mol. The largest absolute Gasteiger partial charge is 0.370 e. The molecule has 1 heterocycles. The van der Waals surface area contributed by atoms with E-state index in [1.165, 1.54) is 17.0 Å². The summed E-state index contributed by atoms with van der Waals surface area (Å²) in [6.45, 7) is 0.664. The van der Waals surface area contributed by atoms with E-state index in [4.69, 9.17) is 10.5 Å². The van der Waals surface area contributed by atoms with Gasteiger partial charge in [-0.25, -0.2) is 4.39 Å². The second kappa shape index (κ2) is 9.32. The zero-order valence-electron chi connectivity index (χ0n) is 17.4. The number of hydrogen-bond acceptors (Lipinski definition) is 5. The van der Waals surface area contributed by atoms with Gasteiger partial charge in [0, 0.05) is 18.3 Å². The molecule has 0 aromatic heterocycles. The van der Waals surface area contributed by atoms with Gasteiger partial charge in [-0.15, -0.1) is 0 Å². The molecule has 168 valence electrons. The number of nitrogens with two attached hydrogens (primary N) is 1. The highest BCUT2D eigenvalue weighted by Crippen LogP contribution is 2.40. The number of carbonyl (C=O) groups excluding carboxylic acids is 3. The minimum Gasteiger partial charge on any atom is -0.370 e. The fourth-order valence-corrected chi connectivity index (χ4v) is 4.50. The van der Waals surface area contributed by atoms with Crippen molar-refractivity contribution >= 4 is 29.1 Å². The molecule has 4 N–H and O–H groups in total. The van der Waals surface area contributed by atoms with Crippen LogP contribution >= 0.6 is 0 Å². The van der Waals surface area contributed by atoms with Crippen molar-refractivity contribution in [3.63, 3.8) is 0 Å². The molecule has 2 aliphatic carbocycles. The third-order valence-corrected chi connectivity index (χ3v) is 6.73. The van der Waals surface area contributed by atoms with E-state index in [2.05, 4.69) is 10.6 Å². The Morgan fingerprint density at radius 2 is 1.84 bits per heavy atom. The summed E-state index contributed by atoms with van der Waals surface area (Å²) in [4.78, 5) is 38.3. The van der Waals surface area contributed by atoms with Crippen molar-refractivity contribution in [3.05, 3.63) is 24.0 Å². The molecule has 4 rings (SSSR count). The van der Waals surface area contributed by atoms with E-state index in [9.17, 15) is 18.8 Å². The van der Waals surface area contributed by atoms with Crippen LogP contribution in [0.2, 0.25) is 0 Å². The van der Waals surface area contributed by atoms with Crippen molar-refractivity contribution in [2.24, 2.45) is 17.6 Å². The van der Waals surface area contributed by atoms with Crippen LogP contribution in [0.25, 0.3) is 0 Å². The van der Waals surface area contributed by atoms with Gasteiger partial charge in [-0.3, -0.25) is 19.7 Å². The number of anilines is 2. The molecule has 1 aromatic rings. The Hall–Kier alpha value is -2.52. The predicted octanol–water partition coefficient (Wildman–Crippen LogP) is 1.54. The molecule has 2 saturated carbocycles. The average Bonchev–Trinajstić information content (AvgIpc) is 2.64. The first-order valence-electron chi connectivity index (χ1n) is 11.0. The number of ether oxygens (including phenoxy) is 1. The molecule has 1 aliphatic heterocycles. The molecule has 0 radical (unpaired) electrons. The van der Waals surface area contributed by atoms with Crippen LogP contribution in [-0.4, -0.2) is 49.6 Å². The Kier molecular flexibility index (Phi) is 6.52. The van der Waals surface area contributed by atoms with Gasteiger partial charge in [0.1, 0.15) is 12.4 Å². The van der Waals surface area contributed by atoms with Gasteiger partial charge in [0.15, 0.2) is 6.04 Å². The highest BCUT2D eigenvalue weighted by molar-refractivity contribution is 6.09. The van der Waals surface area contributed by atoms with Crippen molar-refractivity contribution < 1.29 is 23.5 Å². The molecule has 1 aromatic carbocycles. The number of nitrogens with one attached hydrogen (secondary N) is 2. The molecule has 3 aliphatic rings. The summed E-state index contributed by atoms with van der Waals surface area (Å²) in [5.41, 5.74) is 5.85. The Balaban J connectivity index is 1.44. The van der Waals surface area contributed by atoms with E-state index in [-0.39, 0.29) is 24.2 Å². The highest BCUT2D eigenvalue weighted by Gasteiger charge is 2.39. The van der Waals surface area contributed by atoms with Crippen LogP contribution in [0.1, 0.15) is 38.5 Å². The summed E-state index contributed by atoms with van der Waals surface area (Å²) in [6, 6.07) is 2.98. The number of rotatable bonds is 8. The fourth-order valence-electron chi connectivity index (χ4n) is 4.50. The van der Waals surface area contributed by atoms with Gasteiger partial charge >= 0.3 is 0 Å². The lowest BCUT2D eigenvalue weighted by molar-refractivity contribution is -0.129. The molecule has 8 nitrogen and oxygen atoms in total. The van der Waals surface area contributed by atoms with Crippen LogP contribution in [0.3, 0.4) is 0 Å². The number of morpholine rings is 1. The highest BCUT2D eigenvalue weighted by atomic mass is 19.1. The molecular formula is C22H29FN4O4. The van der Waals surface area contributed by atoms with E-state index in [0.29, 0.717) is 30.7 Å². The first-order chi connectivity index (χ1) is 14.9. The number of primary amides is 1. The number of benzene rings is 1. The quantitative estimate of drug-likeness (QED) is 0.539. The smallest absolute Gasteiger partial charge is 0.253 e. The Labute approximate surface area is 180 Å². The molecule has 0 spiro atoms. The standard InChI is InChI=1S/C22H29FN4O4/c23-16-11-15(27-9-10-31-12-18(27)28)7-8-17(16)25-22(30)20(21(24)29)26-19(13-3-1-4-13)14-5-2-6-14/h7-8,11,13-14,19-20,26H,1-6,9-10,12H2,(H2,24,29)(H,25,30)/t20-/m1/s1. The maximum absolute atomic E-state index is 14.7. The monoisotopic (exact) mass is 432 g/mol. The Morgan fingerprint density at radius 3 is 2.35 bits per heavy atom. The van der Waals surface area contributed by atoms with E-state index >= 15 is 0 Å². The summed E-state index contributed by atoms with van der Waals surface area (Å²) in [6.07, 6.45) is 6.64. The van der Waals surface area contributed by atoms with Gasteiger partial charge in [-0.05, 0) is 55.7 Å². The van der Waals surface area contributed by atoms with Crippen LogP contribution < -0.4 is 21.3 Å². The van der Waals surface area contributed by atoms with E-state index in [0.717, 1.165) is 38.5 Å². The first-order valence-corrected chi connectivity index (χ1v) is 11.0. The third kappa shape index (κ3) is 4.72. The van der Waals surface area contributed by atoms with Crippen LogP contribution in [-0.2, 0) is 19.1 Å². The minimum absolute atomic E-state index is 0.0464. The Bertz CT molecular complexity index is 842. The lowest BCUT2D eigenvalue weighted by atomic mass is 9.68. The zero-order valence-corrected chi connectivity index (χ0v) is 17.4. The predicted molar refractivity (Wildman–Crippen MR) is 113 cm³/mol. The summed E-state index contributed by atoms with van der Waals surface area (Å²) in [5.74, 6) is -1.51. The lowest BCUT2D eigenvalue weighted by Gasteiger charge is -2.44. The lowest BCUT2D eigenvalue weighted by Crippen LogP contribution is -2.58. The normalized spacial score (nSPS) is 20.8. The van der Waals surface area contributed by atoms with Gasteiger partial charge in [0.05, 0.1) is 12.3 Å². The summed E-state index contributed by atoms with van der Waals surface area (Å²) < 4.78 is 19.8. The van der Waals surface area contributed by atoms with Gasteiger partial charge in [-0.2, -0.15) is 0 Å². The van der Waals surface area contributed by atoms with Gasteiger partial charge in [-0.1, -0.05) is 12.8 Å². The number of halogens is 1. The number of nitrogens with zero attached hydrogens (tertiary/aromatic N) is 1. The van der Waals surface area contributed by atoms with Crippen LogP contribution in [0.4, 0.5) is 15.8 Å². The maximum Gasteiger partial charge on any atom is 0.253 e. The summed E-state index contributed by atoms with van der Waals surface area (Å²) in [7, 11) is 0. The molecule has 1 atom stereocenters. The van der Waals surface area contributed by atoms with Crippen LogP contribution in [0.5, 0.6) is 0 Å². The van der Waals surface area contributed by atoms with Crippen molar-refractivity contribution in [1.29, 1.82) is 0 Å². The fraction of sp³-hybridized carbons (Fsp3) is 0.591. The second-order valence-electron chi connectivity index (χ2n) is 8.66. The first kappa shape index (κ1) is 21.7. The molecule has 0 unspecified atom stereocenters. The number of hydrogen-bond donors (Lipinski definition) is 3. The molecule has 3 amide bonds. The maximum atomic E-state index is 14.7. The van der Waals surface area contributed by atoms with Crippen LogP contribution in [0.15, 0.2) is 18.2 Å². The third-order valence-electron chi connectivity index (χ3n) is 6.73. The SMILES string of the molecule is NC(=O)[C@@H](NC(C1CCC1)C1CCC1)C(=O)Nc1ccc(N2CCOCC2=O)cc1F. The number of amides is 3. The Morgan fingerprint density at radius 1 is 1.16 bits per heavy atom. The molecular weight excluding hydrogens is 403 g/mol. The van der Waals surface area contributed by atoms with Gasteiger partial charge in [0.25, 0.3) is 11.8 Å². The number of carbonyl (C=O) groups is 3. The van der Waals surface area contributed by atoms with Crippen LogP contribution in [0, 0.1) is 17.7 Å². The molecule has 9 heteroatoms. The second-order valence-corrected chi connectivity index (χ2v) is 8.66. The van der Waals surface area contributed by atoms with E-state index in [1.54, 1.807) is 6.07 Å². The van der Waals surface area contributed by atoms with Crippen molar-refractivity contribution in [3.8, 4) is 0 Å². The summed E-state index contributed by atoms with van der Waals surface area (Å²) >= 11 is 0. The summed E-state index contributed by atoms with van der Waals surface area (Å²) in [5, 5.41) is 5.67. The van der Waals surface area contributed by atoms with Gasteiger partial charge in [0.2, 0.25) is 5.91 Å². The molecule has 0 bridgehead atoms. The van der Waals surface area contributed by atoms with E-state index in [1.807, 2.05) is 0 Å². The zero-order chi connectivity index (χ0) is 22.0.